The Morgan fingerprint density at radius 2 is 2.11 bits per heavy atom. The van der Waals surface area contributed by atoms with E-state index in [4.69, 9.17) is 5.11 Å². The highest BCUT2D eigenvalue weighted by Crippen LogP contribution is 2.09. The van der Waals surface area contributed by atoms with E-state index in [-0.39, 0.29) is 10.8 Å². The van der Waals surface area contributed by atoms with Gasteiger partial charge in [0.2, 0.25) is 5.01 Å². The van der Waals surface area contributed by atoms with Crippen LogP contribution < -0.4 is 5.32 Å². The molecular weight excluding hydrogens is 267 g/mol. The van der Waals surface area contributed by atoms with Crippen molar-refractivity contribution in [2.24, 2.45) is 0 Å². The van der Waals surface area contributed by atoms with E-state index in [2.05, 4.69) is 10.3 Å². The molecule has 1 aromatic carbocycles. The van der Waals surface area contributed by atoms with E-state index < -0.39 is 5.97 Å². The molecule has 0 unspecified atom stereocenters. The molecule has 0 radical (unpaired) electrons. The number of thiazole rings is 1. The Labute approximate surface area is 113 Å². The summed E-state index contributed by atoms with van der Waals surface area (Å²) in [5.41, 5.74) is 1.78. The van der Waals surface area contributed by atoms with Crippen LogP contribution in [0, 0.1) is 5.82 Å². The molecule has 0 aliphatic rings. The Bertz CT molecular complexity index is 554. The number of halogens is 1. The third kappa shape index (κ3) is 4.11. The minimum Gasteiger partial charge on any atom is -0.476 e. The van der Waals surface area contributed by atoms with Crippen LogP contribution >= 0.6 is 11.3 Å². The van der Waals surface area contributed by atoms with Crippen LogP contribution in [0.15, 0.2) is 29.6 Å². The summed E-state index contributed by atoms with van der Waals surface area (Å²) in [5, 5.41) is 13.7. The van der Waals surface area contributed by atoms with Crippen LogP contribution in [0.2, 0.25) is 0 Å². The lowest BCUT2D eigenvalue weighted by Gasteiger charge is -2.03. The third-order valence-corrected chi connectivity index (χ3v) is 3.42. The Kier molecular flexibility index (Phi) is 4.59. The van der Waals surface area contributed by atoms with Crippen LogP contribution in [0.1, 0.15) is 21.1 Å². The molecule has 19 heavy (non-hydrogen) atoms. The predicted octanol–water partition coefficient (Wildman–Crippen LogP) is 2.31. The molecule has 0 saturated carbocycles. The van der Waals surface area contributed by atoms with Crippen molar-refractivity contribution in [3.05, 3.63) is 51.7 Å². The molecule has 0 amide bonds. The van der Waals surface area contributed by atoms with Gasteiger partial charge >= 0.3 is 5.97 Å². The maximum atomic E-state index is 12.7. The number of carboxylic acids is 1. The number of hydrogen-bond donors (Lipinski definition) is 2. The summed E-state index contributed by atoms with van der Waals surface area (Å²) >= 11 is 1.12. The Hall–Kier alpha value is -1.79. The standard InChI is InChI=1S/C13H13FN2O2S/c14-10-3-1-9(2-4-10)5-6-15-7-11-8-19-12(16-11)13(17)18/h1-4,8,15H,5-7H2,(H,17,18). The number of hydrogen-bond acceptors (Lipinski definition) is 4. The van der Waals surface area contributed by atoms with E-state index in [0.717, 1.165) is 35.6 Å². The van der Waals surface area contributed by atoms with Crippen molar-refractivity contribution in [3.63, 3.8) is 0 Å². The topological polar surface area (TPSA) is 62.2 Å². The quantitative estimate of drug-likeness (QED) is 0.797. The van der Waals surface area contributed by atoms with E-state index >= 15 is 0 Å². The second-order valence-electron chi connectivity index (χ2n) is 4.00. The van der Waals surface area contributed by atoms with Crippen LogP contribution in [-0.2, 0) is 13.0 Å². The molecule has 0 aliphatic carbocycles. The summed E-state index contributed by atoms with van der Waals surface area (Å²) in [4.78, 5) is 14.6. The Balaban J connectivity index is 1.74. The van der Waals surface area contributed by atoms with Crippen LogP contribution in [-0.4, -0.2) is 22.6 Å². The van der Waals surface area contributed by atoms with E-state index in [1.54, 1.807) is 17.5 Å². The lowest BCUT2D eigenvalue weighted by Crippen LogP contribution is -2.17. The number of nitrogens with one attached hydrogen (secondary N) is 1. The summed E-state index contributed by atoms with van der Waals surface area (Å²) in [7, 11) is 0. The first kappa shape index (κ1) is 13.6. The number of rotatable bonds is 6. The number of carboxylic acid groups (broad SMARTS) is 1. The molecular formula is C13H13FN2O2S. The molecule has 6 heteroatoms. The van der Waals surface area contributed by atoms with Gasteiger partial charge in [0, 0.05) is 11.9 Å². The summed E-state index contributed by atoms with van der Waals surface area (Å²) in [6.45, 7) is 1.26. The third-order valence-electron chi connectivity index (χ3n) is 2.54. The first-order valence-corrected chi connectivity index (χ1v) is 6.66. The predicted molar refractivity (Wildman–Crippen MR) is 70.9 cm³/mol. The second kappa shape index (κ2) is 6.40. The van der Waals surface area contributed by atoms with Gasteiger partial charge in [0.05, 0.1) is 5.69 Å². The monoisotopic (exact) mass is 280 g/mol. The minimum atomic E-state index is -0.998. The van der Waals surface area contributed by atoms with Gasteiger partial charge < -0.3 is 10.4 Å². The Morgan fingerprint density at radius 1 is 1.37 bits per heavy atom. The molecule has 0 saturated heterocycles. The molecule has 100 valence electrons. The number of benzene rings is 1. The molecule has 4 nitrogen and oxygen atoms in total. The van der Waals surface area contributed by atoms with E-state index in [1.807, 2.05) is 0 Å². The number of carbonyl (C=O) groups is 1. The van der Waals surface area contributed by atoms with Crippen LogP contribution in [0.3, 0.4) is 0 Å². The van der Waals surface area contributed by atoms with Crippen LogP contribution in [0.25, 0.3) is 0 Å². The smallest absolute Gasteiger partial charge is 0.365 e. The SMILES string of the molecule is O=C(O)c1nc(CNCCc2ccc(F)cc2)cs1. The number of aromatic nitrogens is 1. The van der Waals surface area contributed by atoms with Gasteiger partial charge in [-0.2, -0.15) is 0 Å². The first-order valence-electron chi connectivity index (χ1n) is 5.78. The maximum absolute atomic E-state index is 12.7. The van der Waals surface area contributed by atoms with Crippen molar-refractivity contribution in [1.82, 2.24) is 10.3 Å². The van der Waals surface area contributed by atoms with Crippen molar-refractivity contribution < 1.29 is 14.3 Å². The molecule has 2 aromatic rings. The highest BCUT2D eigenvalue weighted by atomic mass is 32.1. The van der Waals surface area contributed by atoms with E-state index in [0.29, 0.717) is 6.54 Å². The fourth-order valence-electron chi connectivity index (χ4n) is 1.59. The fraction of sp³-hybridized carbons (Fsp3) is 0.231. The van der Waals surface area contributed by atoms with Gasteiger partial charge in [-0.15, -0.1) is 11.3 Å². The van der Waals surface area contributed by atoms with Gasteiger partial charge in [-0.3, -0.25) is 0 Å². The molecule has 0 aliphatic heterocycles. The van der Waals surface area contributed by atoms with Gasteiger partial charge in [0.1, 0.15) is 5.82 Å². The highest BCUT2D eigenvalue weighted by Gasteiger charge is 2.08. The van der Waals surface area contributed by atoms with Gasteiger partial charge in [0.25, 0.3) is 0 Å². The van der Waals surface area contributed by atoms with Gasteiger partial charge in [-0.05, 0) is 30.7 Å². The molecule has 1 aromatic heterocycles. The molecule has 2 rings (SSSR count). The average Bonchev–Trinajstić information content (AvgIpc) is 2.86. The molecule has 2 N–H and O–H groups in total. The van der Waals surface area contributed by atoms with Crippen molar-refractivity contribution in [3.8, 4) is 0 Å². The van der Waals surface area contributed by atoms with Gasteiger partial charge in [-0.25, -0.2) is 14.2 Å². The Morgan fingerprint density at radius 3 is 2.74 bits per heavy atom. The highest BCUT2D eigenvalue weighted by molar-refractivity contribution is 7.11. The first-order chi connectivity index (χ1) is 9.15. The largest absolute Gasteiger partial charge is 0.476 e. The lowest BCUT2D eigenvalue weighted by atomic mass is 10.1. The molecule has 1 heterocycles. The summed E-state index contributed by atoms with van der Waals surface area (Å²) in [6, 6.07) is 6.38. The van der Waals surface area contributed by atoms with E-state index in [9.17, 15) is 9.18 Å². The molecule has 0 bridgehead atoms. The fourth-order valence-corrected chi connectivity index (χ4v) is 2.24. The van der Waals surface area contributed by atoms with Gasteiger partial charge in [-0.1, -0.05) is 12.1 Å². The lowest BCUT2D eigenvalue weighted by molar-refractivity contribution is 0.0696. The van der Waals surface area contributed by atoms with Crippen molar-refractivity contribution in [2.75, 3.05) is 6.54 Å². The van der Waals surface area contributed by atoms with Crippen molar-refractivity contribution >= 4 is 17.3 Å². The number of aromatic carboxylic acids is 1. The normalized spacial score (nSPS) is 10.6. The average molecular weight is 280 g/mol. The molecule has 0 fully saturated rings. The minimum absolute atomic E-state index is 0.107. The molecule has 0 atom stereocenters. The second-order valence-corrected chi connectivity index (χ2v) is 4.86. The number of nitrogens with zero attached hydrogens (tertiary/aromatic N) is 1. The maximum Gasteiger partial charge on any atom is 0.365 e. The zero-order valence-corrected chi connectivity index (χ0v) is 10.9. The van der Waals surface area contributed by atoms with Gasteiger partial charge in [0.15, 0.2) is 0 Å². The van der Waals surface area contributed by atoms with Crippen molar-refractivity contribution in [2.45, 2.75) is 13.0 Å². The van der Waals surface area contributed by atoms with E-state index in [1.165, 1.54) is 12.1 Å². The van der Waals surface area contributed by atoms with Crippen LogP contribution in [0.4, 0.5) is 4.39 Å². The summed E-state index contributed by atoms with van der Waals surface area (Å²) < 4.78 is 12.7. The summed E-state index contributed by atoms with van der Waals surface area (Å²) in [6.07, 6.45) is 0.788. The van der Waals surface area contributed by atoms with Crippen LogP contribution in [0.5, 0.6) is 0 Å². The van der Waals surface area contributed by atoms with Crippen molar-refractivity contribution in [1.29, 1.82) is 0 Å². The zero-order chi connectivity index (χ0) is 13.7. The zero-order valence-electron chi connectivity index (χ0n) is 10.1. The molecule has 0 spiro atoms. The summed E-state index contributed by atoms with van der Waals surface area (Å²) in [5.74, 6) is -1.23.